The van der Waals surface area contributed by atoms with Gasteiger partial charge in [0, 0.05) is 25.7 Å². The molecule has 0 bridgehead atoms. The highest BCUT2D eigenvalue weighted by Gasteiger charge is 2.25. The molecule has 2 heteroatoms. The predicted octanol–water partition coefficient (Wildman–Crippen LogP) is 4.02. The molecule has 1 heterocycles. The zero-order valence-electron chi connectivity index (χ0n) is 14.2. The largest absolute Gasteiger partial charge is 0.316 e. The van der Waals surface area contributed by atoms with Crippen molar-refractivity contribution in [2.24, 2.45) is 5.92 Å². The Morgan fingerprint density at radius 3 is 2.52 bits per heavy atom. The van der Waals surface area contributed by atoms with Gasteiger partial charge >= 0.3 is 0 Å². The quantitative estimate of drug-likeness (QED) is 0.762. The second kappa shape index (κ2) is 7.95. The monoisotopic (exact) mass is 288 g/mol. The summed E-state index contributed by atoms with van der Waals surface area (Å²) >= 11 is 0. The van der Waals surface area contributed by atoms with Gasteiger partial charge in [-0.1, -0.05) is 45.0 Å². The molecule has 2 nitrogen and oxygen atoms in total. The molecule has 0 saturated carbocycles. The standard InChI is InChI=1S/C19H32N2/c1-5-10-20-12-16(3)19-8-6-18(7-9-19)14-21-13-15(2)11-17(21)4/h6-9,15-17,20H,5,10-14H2,1-4H3. The first-order valence-corrected chi connectivity index (χ1v) is 8.63. The second-order valence-electron chi connectivity index (χ2n) is 6.97. The third-order valence-electron chi connectivity index (χ3n) is 4.72. The lowest BCUT2D eigenvalue weighted by Crippen LogP contribution is -2.26. The van der Waals surface area contributed by atoms with Gasteiger partial charge in [0.1, 0.15) is 0 Å². The van der Waals surface area contributed by atoms with Crippen LogP contribution in [0.25, 0.3) is 0 Å². The van der Waals surface area contributed by atoms with Gasteiger partial charge in [-0.2, -0.15) is 0 Å². The summed E-state index contributed by atoms with van der Waals surface area (Å²) in [7, 11) is 0. The fourth-order valence-electron chi connectivity index (χ4n) is 3.41. The highest BCUT2D eigenvalue weighted by molar-refractivity contribution is 5.25. The van der Waals surface area contributed by atoms with Crippen molar-refractivity contribution in [3.05, 3.63) is 35.4 Å². The van der Waals surface area contributed by atoms with E-state index in [2.05, 4.69) is 62.2 Å². The minimum absolute atomic E-state index is 0.594. The third kappa shape index (κ3) is 4.82. The Hall–Kier alpha value is -0.860. The molecule has 1 aliphatic heterocycles. The highest BCUT2D eigenvalue weighted by atomic mass is 15.2. The van der Waals surface area contributed by atoms with Crippen molar-refractivity contribution in [2.45, 2.75) is 59.0 Å². The molecule has 3 unspecified atom stereocenters. The summed E-state index contributed by atoms with van der Waals surface area (Å²) in [5.41, 5.74) is 2.90. The van der Waals surface area contributed by atoms with E-state index in [4.69, 9.17) is 0 Å². The van der Waals surface area contributed by atoms with Crippen LogP contribution in [0.2, 0.25) is 0 Å². The maximum atomic E-state index is 3.51. The van der Waals surface area contributed by atoms with Gasteiger partial charge in [0.05, 0.1) is 0 Å². The number of hydrogen-bond donors (Lipinski definition) is 1. The van der Waals surface area contributed by atoms with Crippen LogP contribution in [0.5, 0.6) is 0 Å². The number of nitrogens with zero attached hydrogens (tertiary/aromatic N) is 1. The number of hydrogen-bond acceptors (Lipinski definition) is 2. The lowest BCUT2D eigenvalue weighted by Gasteiger charge is -2.21. The first-order chi connectivity index (χ1) is 10.1. The lowest BCUT2D eigenvalue weighted by molar-refractivity contribution is 0.256. The van der Waals surface area contributed by atoms with Crippen LogP contribution in [0, 0.1) is 5.92 Å². The Morgan fingerprint density at radius 1 is 1.24 bits per heavy atom. The molecular formula is C19H32N2. The Balaban J connectivity index is 1.87. The molecule has 0 amide bonds. The minimum atomic E-state index is 0.594. The van der Waals surface area contributed by atoms with Crippen LogP contribution in [0.4, 0.5) is 0 Å². The SMILES string of the molecule is CCCNCC(C)c1ccc(CN2CC(C)CC2C)cc1. The highest BCUT2D eigenvalue weighted by Crippen LogP contribution is 2.24. The third-order valence-corrected chi connectivity index (χ3v) is 4.72. The van der Waals surface area contributed by atoms with Gasteiger partial charge in [-0.15, -0.1) is 0 Å². The van der Waals surface area contributed by atoms with Gasteiger partial charge in [0.25, 0.3) is 0 Å². The fraction of sp³-hybridized carbons (Fsp3) is 0.684. The van der Waals surface area contributed by atoms with E-state index in [0.29, 0.717) is 5.92 Å². The molecule has 0 radical (unpaired) electrons. The molecule has 0 aliphatic carbocycles. The van der Waals surface area contributed by atoms with E-state index in [-0.39, 0.29) is 0 Å². The summed E-state index contributed by atoms with van der Waals surface area (Å²) in [5.74, 6) is 1.44. The Labute approximate surface area is 130 Å². The maximum absolute atomic E-state index is 3.51. The number of likely N-dealkylation sites (tertiary alicyclic amines) is 1. The van der Waals surface area contributed by atoms with Crippen LogP contribution < -0.4 is 5.32 Å². The molecule has 2 rings (SSSR count). The van der Waals surface area contributed by atoms with E-state index >= 15 is 0 Å². The zero-order chi connectivity index (χ0) is 15.2. The van der Waals surface area contributed by atoms with Crippen LogP contribution in [0.15, 0.2) is 24.3 Å². The molecule has 21 heavy (non-hydrogen) atoms. The molecule has 118 valence electrons. The van der Waals surface area contributed by atoms with Gasteiger partial charge in [-0.3, -0.25) is 4.90 Å². The molecular weight excluding hydrogens is 256 g/mol. The minimum Gasteiger partial charge on any atom is -0.316 e. The maximum Gasteiger partial charge on any atom is 0.0236 e. The smallest absolute Gasteiger partial charge is 0.0236 e. The summed E-state index contributed by atoms with van der Waals surface area (Å²) in [6.45, 7) is 13.8. The Bertz CT molecular complexity index is 412. The fourth-order valence-corrected chi connectivity index (χ4v) is 3.41. The van der Waals surface area contributed by atoms with Crippen molar-refractivity contribution < 1.29 is 0 Å². The van der Waals surface area contributed by atoms with E-state index in [0.717, 1.165) is 31.6 Å². The molecule has 1 aromatic rings. The van der Waals surface area contributed by atoms with Crippen LogP contribution in [0.1, 0.15) is 57.6 Å². The van der Waals surface area contributed by atoms with Gasteiger partial charge < -0.3 is 5.32 Å². The first kappa shape index (κ1) is 16.5. The van der Waals surface area contributed by atoms with Crippen molar-refractivity contribution >= 4 is 0 Å². The van der Waals surface area contributed by atoms with Crippen LogP contribution in [0.3, 0.4) is 0 Å². The van der Waals surface area contributed by atoms with Gasteiger partial charge in [0.2, 0.25) is 0 Å². The van der Waals surface area contributed by atoms with Gasteiger partial charge in [0.15, 0.2) is 0 Å². The molecule has 3 atom stereocenters. The van der Waals surface area contributed by atoms with Crippen molar-refractivity contribution in [1.29, 1.82) is 0 Å². The van der Waals surface area contributed by atoms with E-state index in [9.17, 15) is 0 Å². The molecule has 1 N–H and O–H groups in total. The van der Waals surface area contributed by atoms with E-state index in [1.807, 2.05) is 0 Å². The molecule has 0 spiro atoms. The average molecular weight is 288 g/mol. The summed E-state index contributed by atoms with van der Waals surface area (Å²) in [6.07, 6.45) is 2.55. The molecule has 1 saturated heterocycles. The molecule has 1 fully saturated rings. The van der Waals surface area contributed by atoms with Crippen LogP contribution in [-0.4, -0.2) is 30.6 Å². The predicted molar refractivity (Wildman–Crippen MR) is 91.7 cm³/mol. The Kier molecular flexibility index (Phi) is 6.25. The molecule has 0 aromatic heterocycles. The van der Waals surface area contributed by atoms with Gasteiger partial charge in [-0.25, -0.2) is 0 Å². The summed E-state index contributed by atoms with van der Waals surface area (Å²) < 4.78 is 0. The lowest BCUT2D eigenvalue weighted by atomic mass is 9.99. The number of rotatable bonds is 7. The number of benzene rings is 1. The summed E-state index contributed by atoms with van der Waals surface area (Å²) in [5, 5.41) is 3.51. The topological polar surface area (TPSA) is 15.3 Å². The second-order valence-corrected chi connectivity index (χ2v) is 6.97. The van der Waals surface area contributed by atoms with Crippen molar-refractivity contribution in [3.8, 4) is 0 Å². The molecule has 1 aliphatic rings. The normalized spacial score (nSPS) is 24.4. The first-order valence-electron chi connectivity index (χ1n) is 8.63. The van der Waals surface area contributed by atoms with Gasteiger partial charge in [-0.05, 0) is 49.3 Å². The summed E-state index contributed by atoms with van der Waals surface area (Å²) in [4.78, 5) is 2.62. The summed E-state index contributed by atoms with van der Waals surface area (Å²) in [6, 6.07) is 10.0. The average Bonchev–Trinajstić information content (AvgIpc) is 2.78. The van der Waals surface area contributed by atoms with Crippen LogP contribution >= 0.6 is 0 Å². The zero-order valence-corrected chi connectivity index (χ0v) is 14.2. The van der Waals surface area contributed by atoms with Crippen molar-refractivity contribution in [1.82, 2.24) is 10.2 Å². The Morgan fingerprint density at radius 2 is 1.95 bits per heavy atom. The van der Waals surface area contributed by atoms with E-state index in [1.165, 1.54) is 30.5 Å². The molecule has 1 aromatic carbocycles. The van der Waals surface area contributed by atoms with Crippen molar-refractivity contribution in [2.75, 3.05) is 19.6 Å². The number of nitrogens with one attached hydrogen (secondary N) is 1. The van der Waals surface area contributed by atoms with Crippen LogP contribution in [-0.2, 0) is 6.54 Å². The van der Waals surface area contributed by atoms with Crippen molar-refractivity contribution in [3.63, 3.8) is 0 Å². The van der Waals surface area contributed by atoms with E-state index in [1.54, 1.807) is 0 Å². The van der Waals surface area contributed by atoms with E-state index < -0.39 is 0 Å².